The highest BCUT2D eigenvalue weighted by Crippen LogP contribution is 2.17. The molecule has 0 saturated carbocycles. The van der Waals surface area contributed by atoms with Crippen LogP contribution in [0, 0.1) is 0 Å². The van der Waals surface area contributed by atoms with Gasteiger partial charge < -0.3 is 10.5 Å². The summed E-state index contributed by atoms with van der Waals surface area (Å²) in [6, 6.07) is 1.12. The number of nitrogens with zero attached hydrogens (tertiary/aromatic N) is 1. The second-order valence-electron chi connectivity index (χ2n) is 2.39. The first-order chi connectivity index (χ1) is 5.65. The van der Waals surface area contributed by atoms with Crippen molar-refractivity contribution in [3.05, 3.63) is 10.9 Å². The number of hydrogen-bond donors (Lipinski definition) is 1. The van der Waals surface area contributed by atoms with Gasteiger partial charge in [0.05, 0.1) is 18.0 Å². The van der Waals surface area contributed by atoms with Gasteiger partial charge in [0.2, 0.25) is 5.88 Å². The SMILES string of the molecule is COc1cc(C(=O)C(C)N)sn1. The summed E-state index contributed by atoms with van der Waals surface area (Å²) in [6.45, 7) is 1.65. The Hall–Kier alpha value is -0.940. The smallest absolute Gasteiger partial charge is 0.225 e. The molecule has 0 bridgehead atoms. The van der Waals surface area contributed by atoms with Crippen LogP contribution in [0.2, 0.25) is 0 Å². The van der Waals surface area contributed by atoms with Crippen molar-refractivity contribution < 1.29 is 9.53 Å². The van der Waals surface area contributed by atoms with Crippen LogP contribution in [0.1, 0.15) is 16.6 Å². The zero-order chi connectivity index (χ0) is 9.14. The molecule has 1 unspecified atom stereocenters. The molecule has 0 aliphatic rings. The van der Waals surface area contributed by atoms with E-state index in [4.69, 9.17) is 10.5 Å². The maximum Gasteiger partial charge on any atom is 0.225 e. The van der Waals surface area contributed by atoms with Crippen LogP contribution in [0.3, 0.4) is 0 Å². The minimum Gasteiger partial charge on any atom is -0.480 e. The number of nitrogens with two attached hydrogens (primary N) is 1. The normalized spacial score (nSPS) is 12.6. The van der Waals surface area contributed by atoms with Crippen molar-refractivity contribution in [3.8, 4) is 5.88 Å². The molecule has 0 aliphatic carbocycles. The van der Waals surface area contributed by atoms with Crippen LogP contribution in [0.25, 0.3) is 0 Å². The monoisotopic (exact) mass is 186 g/mol. The summed E-state index contributed by atoms with van der Waals surface area (Å²) >= 11 is 1.11. The summed E-state index contributed by atoms with van der Waals surface area (Å²) in [5, 5.41) is 0. The highest BCUT2D eigenvalue weighted by Gasteiger charge is 2.14. The topological polar surface area (TPSA) is 65.2 Å². The summed E-state index contributed by atoms with van der Waals surface area (Å²) in [5.74, 6) is 0.361. The fourth-order valence-electron chi connectivity index (χ4n) is 0.696. The predicted octanol–water partition coefficient (Wildman–Crippen LogP) is 0.682. The van der Waals surface area contributed by atoms with E-state index >= 15 is 0 Å². The van der Waals surface area contributed by atoms with E-state index in [0.717, 1.165) is 11.5 Å². The molecule has 0 aliphatic heterocycles. The molecule has 1 aromatic heterocycles. The zero-order valence-electron chi connectivity index (χ0n) is 6.90. The van der Waals surface area contributed by atoms with E-state index in [1.807, 2.05) is 0 Å². The molecule has 0 amide bonds. The van der Waals surface area contributed by atoms with Gasteiger partial charge in [0.15, 0.2) is 5.78 Å². The van der Waals surface area contributed by atoms with E-state index in [-0.39, 0.29) is 5.78 Å². The van der Waals surface area contributed by atoms with Crippen molar-refractivity contribution >= 4 is 17.3 Å². The zero-order valence-corrected chi connectivity index (χ0v) is 7.72. The molecule has 1 atom stereocenters. The second-order valence-corrected chi connectivity index (χ2v) is 3.19. The van der Waals surface area contributed by atoms with Gasteiger partial charge in [0, 0.05) is 6.07 Å². The van der Waals surface area contributed by atoms with Crippen molar-refractivity contribution in [3.63, 3.8) is 0 Å². The fourth-order valence-corrected chi connectivity index (χ4v) is 1.44. The number of ketones is 1. The molecule has 0 spiro atoms. The number of ether oxygens (including phenoxy) is 1. The van der Waals surface area contributed by atoms with Crippen LogP contribution in [-0.2, 0) is 0 Å². The van der Waals surface area contributed by atoms with Crippen molar-refractivity contribution in [2.75, 3.05) is 7.11 Å². The lowest BCUT2D eigenvalue weighted by Gasteiger charge is -1.98. The predicted molar refractivity (Wildman–Crippen MR) is 46.6 cm³/mol. The molecule has 1 aromatic rings. The lowest BCUT2D eigenvalue weighted by molar-refractivity contribution is 0.0971. The first-order valence-electron chi connectivity index (χ1n) is 3.45. The average Bonchev–Trinajstić information content (AvgIpc) is 2.50. The van der Waals surface area contributed by atoms with E-state index in [9.17, 15) is 4.79 Å². The van der Waals surface area contributed by atoms with Crippen LogP contribution >= 0.6 is 11.5 Å². The minimum atomic E-state index is -0.477. The van der Waals surface area contributed by atoms with Crippen LogP contribution < -0.4 is 10.5 Å². The quantitative estimate of drug-likeness (QED) is 0.705. The minimum absolute atomic E-state index is 0.101. The Morgan fingerprint density at radius 2 is 2.50 bits per heavy atom. The third-order valence-corrected chi connectivity index (χ3v) is 2.14. The largest absolute Gasteiger partial charge is 0.480 e. The average molecular weight is 186 g/mol. The molecule has 12 heavy (non-hydrogen) atoms. The molecular formula is C7H10N2O2S. The van der Waals surface area contributed by atoms with Gasteiger partial charge in [-0.25, -0.2) is 0 Å². The Morgan fingerprint density at radius 1 is 1.83 bits per heavy atom. The maximum absolute atomic E-state index is 11.3. The molecule has 1 heterocycles. The van der Waals surface area contributed by atoms with E-state index in [1.165, 1.54) is 7.11 Å². The summed E-state index contributed by atoms with van der Waals surface area (Å²) in [7, 11) is 1.51. The number of Topliss-reactive ketones (excluding diaryl/α,β-unsaturated/α-hetero) is 1. The molecule has 0 aromatic carbocycles. The van der Waals surface area contributed by atoms with Crippen LogP contribution in [0.5, 0.6) is 5.88 Å². The summed E-state index contributed by atoms with van der Waals surface area (Å²) in [4.78, 5) is 11.8. The number of carbonyl (C=O) groups is 1. The Balaban J connectivity index is 2.82. The highest BCUT2D eigenvalue weighted by molar-refractivity contribution is 7.08. The molecule has 0 radical (unpaired) electrons. The van der Waals surface area contributed by atoms with Gasteiger partial charge in [-0.1, -0.05) is 0 Å². The fraction of sp³-hybridized carbons (Fsp3) is 0.429. The first-order valence-corrected chi connectivity index (χ1v) is 4.23. The molecule has 1 rings (SSSR count). The number of methoxy groups -OCH3 is 1. The molecule has 5 heteroatoms. The van der Waals surface area contributed by atoms with Gasteiger partial charge >= 0.3 is 0 Å². The van der Waals surface area contributed by atoms with Crippen molar-refractivity contribution in [2.45, 2.75) is 13.0 Å². The van der Waals surface area contributed by atoms with Gasteiger partial charge in [-0.3, -0.25) is 4.79 Å². The van der Waals surface area contributed by atoms with E-state index < -0.39 is 6.04 Å². The van der Waals surface area contributed by atoms with E-state index in [2.05, 4.69) is 4.37 Å². The number of hydrogen-bond acceptors (Lipinski definition) is 5. The standard InChI is InChI=1S/C7H10N2O2S/c1-4(8)7(10)5-3-6(11-2)9-12-5/h3-4H,8H2,1-2H3. The molecule has 0 fully saturated rings. The molecule has 0 saturated heterocycles. The number of carbonyl (C=O) groups excluding carboxylic acids is 1. The van der Waals surface area contributed by atoms with E-state index in [1.54, 1.807) is 13.0 Å². The van der Waals surface area contributed by atoms with Crippen molar-refractivity contribution in [2.24, 2.45) is 5.73 Å². The van der Waals surface area contributed by atoms with Gasteiger partial charge in [-0.05, 0) is 18.5 Å². The Kier molecular flexibility index (Phi) is 2.78. The lowest BCUT2D eigenvalue weighted by atomic mass is 10.2. The molecular weight excluding hydrogens is 176 g/mol. The van der Waals surface area contributed by atoms with Crippen LogP contribution in [0.15, 0.2) is 6.07 Å². The third-order valence-electron chi connectivity index (χ3n) is 1.35. The molecule has 2 N–H and O–H groups in total. The Labute approximate surface area is 74.5 Å². The van der Waals surface area contributed by atoms with Crippen LogP contribution in [-0.4, -0.2) is 23.3 Å². The second kappa shape index (κ2) is 3.64. The van der Waals surface area contributed by atoms with Gasteiger partial charge in [-0.2, -0.15) is 4.37 Å². The van der Waals surface area contributed by atoms with Gasteiger partial charge in [0.1, 0.15) is 0 Å². The number of rotatable bonds is 3. The van der Waals surface area contributed by atoms with Crippen molar-refractivity contribution in [1.82, 2.24) is 4.37 Å². The highest BCUT2D eigenvalue weighted by atomic mass is 32.1. The van der Waals surface area contributed by atoms with E-state index in [0.29, 0.717) is 10.8 Å². The Bertz CT molecular complexity index is 283. The summed E-state index contributed by atoms with van der Waals surface area (Å²) < 4.78 is 8.71. The molecule has 66 valence electrons. The van der Waals surface area contributed by atoms with Gasteiger partial charge in [-0.15, -0.1) is 0 Å². The summed E-state index contributed by atoms with van der Waals surface area (Å²) in [5.41, 5.74) is 5.41. The first kappa shape index (κ1) is 9.15. The maximum atomic E-state index is 11.3. The van der Waals surface area contributed by atoms with Crippen molar-refractivity contribution in [1.29, 1.82) is 0 Å². The lowest BCUT2D eigenvalue weighted by Crippen LogP contribution is -2.25. The summed E-state index contributed by atoms with van der Waals surface area (Å²) in [6.07, 6.45) is 0. The number of aromatic nitrogens is 1. The third kappa shape index (κ3) is 1.80. The molecule has 4 nitrogen and oxygen atoms in total. The van der Waals surface area contributed by atoms with Gasteiger partial charge in [0.25, 0.3) is 0 Å². The Morgan fingerprint density at radius 3 is 2.92 bits per heavy atom. The van der Waals surface area contributed by atoms with Crippen LogP contribution in [0.4, 0.5) is 0 Å².